The lowest BCUT2D eigenvalue weighted by molar-refractivity contribution is 0.632. The fourth-order valence-electron chi connectivity index (χ4n) is 9.75. The predicted molar refractivity (Wildman–Crippen MR) is 286 cm³/mol. The summed E-state index contributed by atoms with van der Waals surface area (Å²) in [5.74, 6) is 0.885. The zero-order valence-corrected chi connectivity index (χ0v) is 37.3. The van der Waals surface area contributed by atoms with Crippen LogP contribution in [0.2, 0.25) is 0 Å². The summed E-state index contributed by atoms with van der Waals surface area (Å²) in [5, 5.41) is 3.54. The molecule has 0 saturated carbocycles. The van der Waals surface area contributed by atoms with Crippen molar-refractivity contribution < 1.29 is 4.42 Å². The average Bonchev–Trinajstić information content (AvgIpc) is 3.82. The molecule has 0 fully saturated rings. The van der Waals surface area contributed by atoms with Crippen LogP contribution in [0.4, 0.5) is 17.1 Å². The molecule has 1 heterocycles. The van der Waals surface area contributed by atoms with E-state index >= 15 is 0 Å². The van der Waals surface area contributed by atoms with Crippen LogP contribution in [0.1, 0.15) is 0 Å². The van der Waals surface area contributed by atoms with Crippen molar-refractivity contribution in [3.8, 4) is 78.1 Å². The first-order valence-electron chi connectivity index (χ1n) is 23.2. The summed E-state index contributed by atoms with van der Waals surface area (Å²) in [4.78, 5) is 2.36. The van der Waals surface area contributed by atoms with Gasteiger partial charge in [0.25, 0.3) is 0 Å². The van der Waals surface area contributed by atoms with Gasteiger partial charge in [-0.1, -0.05) is 224 Å². The number of benzene rings is 11. The Labute approximate surface area is 397 Å². The smallest absolute Gasteiger partial charge is 0.143 e. The summed E-state index contributed by atoms with van der Waals surface area (Å²) in [5.41, 5.74) is 19.3. The number of para-hydroxylation sites is 1. The van der Waals surface area contributed by atoms with Crippen molar-refractivity contribution in [2.45, 2.75) is 0 Å². The van der Waals surface area contributed by atoms with Crippen LogP contribution in [-0.4, -0.2) is 0 Å². The van der Waals surface area contributed by atoms with Crippen LogP contribution in [0, 0.1) is 0 Å². The third kappa shape index (κ3) is 7.74. The molecule has 0 amide bonds. The minimum absolute atomic E-state index is 0.885. The Morgan fingerprint density at radius 1 is 0.250 bits per heavy atom. The summed E-state index contributed by atoms with van der Waals surface area (Å²) in [6.45, 7) is 0. The van der Waals surface area contributed by atoms with Crippen molar-refractivity contribution in [1.82, 2.24) is 0 Å². The van der Waals surface area contributed by atoms with E-state index in [0.717, 1.165) is 72.7 Å². The van der Waals surface area contributed by atoms with Gasteiger partial charge in [0.05, 0.1) is 0 Å². The van der Waals surface area contributed by atoms with Crippen LogP contribution in [0.3, 0.4) is 0 Å². The summed E-state index contributed by atoms with van der Waals surface area (Å²) in [6.07, 6.45) is 0. The number of furan rings is 1. The zero-order chi connectivity index (χ0) is 45.2. The van der Waals surface area contributed by atoms with Gasteiger partial charge < -0.3 is 9.32 Å². The van der Waals surface area contributed by atoms with Gasteiger partial charge in [-0.05, 0) is 121 Å². The van der Waals surface area contributed by atoms with E-state index in [4.69, 9.17) is 4.42 Å². The van der Waals surface area contributed by atoms with Gasteiger partial charge in [-0.2, -0.15) is 0 Å². The van der Waals surface area contributed by atoms with E-state index in [9.17, 15) is 0 Å². The van der Waals surface area contributed by atoms with Gasteiger partial charge >= 0.3 is 0 Å². The largest absolute Gasteiger partial charge is 0.455 e. The topological polar surface area (TPSA) is 16.4 Å². The molecule has 0 unspecified atom stereocenters. The maximum absolute atomic E-state index is 6.57. The van der Waals surface area contributed by atoms with Crippen molar-refractivity contribution in [1.29, 1.82) is 0 Å². The molecule has 320 valence electrons. The molecule has 0 radical (unpaired) electrons. The lowest BCUT2D eigenvalue weighted by Gasteiger charge is -2.26. The number of rotatable bonds is 10. The van der Waals surface area contributed by atoms with Gasteiger partial charge in [0.2, 0.25) is 0 Å². The minimum Gasteiger partial charge on any atom is -0.455 e. The molecule has 68 heavy (non-hydrogen) atoms. The normalized spacial score (nSPS) is 11.2. The molecule has 0 N–H and O–H groups in total. The standard InChI is InChI=1S/C66H45NO/c1-3-17-50(18-4-1)59-24-9-11-26-61(59)62-27-12-10-25-60(62)51-37-41-57(42-38-51)67(58-43-36-46-16-7-8-21-54(46)45-58)56-39-34-48(35-40-56)47-30-32-49(33-31-47)53-22-15-23-55(44-53)66-65(52-19-5-2-6-20-52)63-28-13-14-29-64(63)68-66/h1-45H. The average molecular weight is 868 g/mol. The Bertz CT molecular complexity index is 3700. The van der Waals surface area contributed by atoms with Gasteiger partial charge in [0, 0.05) is 33.6 Å². The molecule has 0 atom stereocenters. The van der Waals surface area contributed by atoms with Gasteiger partial charge in [-0.15, -0.1) is 0 Å². The van der Waals surface area contributed by atoms with Crippen LogP contribution in [0.5, 0.6) is 0 Å². The Hall–Kier alpha value is -8.98. The van der Waals surface area contributed by atoms with Crippen molar-refractivity contribution in [2.24, 2.45) is 0 Å². The fourth-order valence-corrected chi connectivity index (χ4v) is 9.75. The van der Waals surface area contributed by atoms with Crippen molar-refractivity contribution in [3.05, 3.63) is 273 Å². The quantitative estimate of drug-likeness (QED) is 0.136. The molecule has 0 bridgehead atoms. The van der Waals surface area contributed by atoms with Crippen LogP contribution in [-0.2, 0) is 0 Å². The first kappa shape index (κ1) is 40.5. The van der Waals surface area contributed by atoms with E-state index in [1.165, 1.54) is 44.2 Å². The summed E-state index contributed by atoms with van der Waals surface area (Å²) in [6, 6.07) is 97.8. The third-order valence-electron chi connectivity index (χ3n) is 13.1. The molecule has 11 aromatic carbocycles. The molecule has 0 spiro atoms. The van der Waals surface area contributed by atoms with Crippen LogP contribution in [0.15, 0.2) is 277 Å². The molecule has 0 aliphatic heterocycles. The Morgan fingerprint density at radius 3 is 1.34 bits per heavy atom. The van der Waals surface area contributed by atoms with E-state index in [1.807, 2.05) is 12.1 Å². The van der Waals surface area contributed by atoms with Gasteiger partial charge in [0.1, 0.15) is 11.3 Å². The van der Waals surface area contributed by atoms with Crippen LogP contribution >= 0.6 is 0 Å². The van der Waals surface area contributed by atoms with E-state index in [-0.39, 0.29) is 0 Å². The van der Waals surface area contributed by atoms with Crippen LogP contribution < -0.4 is 4.90 Å². The minimum atomic E-state index is 0.885. The zero-order valence-electron chi connectivity index (χ0n) is 37.3. The molecule has 2 heteroatoms. The van der Waals surface area contributed by atoms with Crippen molar-refractivity contribution in [2.75, 3.05) is 4.90 Å². The Kier molecular flexibility index (Phi) is 10.6. The number of hydrogen-bond donors (Lipinski definition) is 0. The summed E-state index contributed by atoms with van der Waals surface area (Å²) in [7, 11) is 0. The second-order valence-corrected chi connectivity index (χ2v) is 17.2. The highest BCUT2D eigenvalue weighted by Crippen LogP contribution is 2.44. The number of hydrogen-bond acceptors (Lipinski definition) is 2. The molecule has 0 saturated heterocycles. The fraction of sp³-hybridized carbons (Fsp3) is 0. The Morgan fingerprint density at radius 2 is 0.691 bits per heavy atom. The first-order valence-corrected chi connectivity index (χ1v) is 23.2. The van der Waals surface area contributed by atoms with Gasteiger partial charge in [-0.25, -0.2) is 0 Å². The second-order valence-electron chi connectivity index (χ2n) is 17.2. The van der Waals surface area contributed by atoms with Gasteiger partial charge in [-0.3, -0.25) is 0 Å². The highest BCUT2D eigenvalue weighted by molar-refractivity contribution is 6.02. The first-order chi connectivity index (χ1) is 33.7. The predicted octanol–water partition coefficient (Wildman–Crippen LogP) is 18.7. The lowest BCUT2D eigenvalue weighted by Crippen LogP contribution is -2.09. The molecular weight excluding hydrogens is 823 g/mol. The number of fused-ring (bicyclic) bond motifs is 2. The summed E-state index contributed by atoms with van der Waals surface area (Å²) >= 11 is 0. The van der Waals surface area contributed by atoms with Crippen LogP contribution in [0.25, 0.3) is 99.8 Å². The molecule has 12 aromatic rings. The molecular formula is C66H45NO. The molecule has 12 rings (SSSR count). The third-order valence-corrected chi connectivity index (χ3v) is 13.1. The Balaban J connectivity index is 0.856. The SMILES string of the molecule is c1ccc(-c2ccccc2-c2ccccc2-c2ccc(N(c3ccc(-c4ccc(-c5cccc(-c6oc7ccccc7c6-c6ccccc6)c5)cc4)cc3)c3ccc4ccccc4c3)cc2)cc1. The van der Waals surface area contributed by atoms with Crippen molar-refractivity contribution in [3.63, 3.8) is 0 Å². The highest BCUT2D eigenvalue weighted by atomic mass is 16.3. The monoisotopic (exact) mass is 867 g/mol. The molecule has 0 aliphatic rings. The molecule has 2 nitrogen and oxygen atoms in total. The van der Waals surface area contributed by atoms with E-state index in [0.29, 0.717) is 0 Å². The maximum Gasteiger partial charge on any atom is 0.143 e. The van der Waals surface area contributed by atoms with E-state index in [1.54, 1.807) is 0 Å². The summed E-state index contributed by atoms with van der Waals surface area (Å²) < 4.78 is 6.57. The van der Waals surface area contributed by atoms with Crippen molar-refractivity contribution >= 4 is 38.8 Å². The lowest BCUT2D eigenvalue weighted by atomic mass is 9.89. The number of nitrogens with zero attached hydrogens (tertiary/aromatic N) is 1. The number of anilines is 3. The second kappa shape index (κ2) is 17.8. The highest BCUT2D eigenvalue weighted by Gasteiger charge is 2.19. The van der Waals surface area contributed by atoms with E-state index < -0.39 is 0 Å². The molecule has 0 aliphatic carbocycles. The van der Waals surface area contributed by atoms with E-state index in [2.05, 4.69) is 266 Å². The molecule has 1 aromatic heterocycles. The maximum atomic E-state index is 6.57. The van der Waals surface area contributed by atoms with Gasteiger partial charge in [0.15, 0.2) is 0 Å².